The van der Waals surface area contributed by atoms with Crippen LogP contribution in [0.15, 0.2) is 42.5 Å². The molecule has 4 rings (SSSR count). The summed E-state index contributed by atoms with van der Waals surface area (Å²) in [6.45, 7) is 4.84. The summed E-state index contributed by atoms with van der Waals surface area (Å²) in [5, 5.41) is 0. The topological polar surface area (TPSA) is 77.6 Å². The van der Waals surface area contributed by atoms with Crippen molar-refractivity contribution in [3.8, 4) is 5.75 Å². The van der Waals surface area contributed by atoms with Crippen LogP contribution in [0.4, 0.5) is 4.39 Å². The Morgan fingerprint density at radius 1 is 1.19 bits per heavy atom. The minimum atomic E-state index is -0.639. The van der Waals surface area contributed by atoms with Gasteiger partial charge in [-0.2, -0.15) is 0 Å². The van der Waals surface area contributed by atoms with Gasteiger partial charge in [-0.15, -0.1) is 0 Å². The van der Waals surface area contributed by atoms with Gasteiger partial charge in [-0.25, -0.2) is 9.18 Å². The monoisotopic (exact) mass is 423 g/mol. The minimum absolute atomic E-state index is 0.134. The van der Waals surface area contributed by atoms with Crippen LogP contribution < -0.4 is 4.74 Å². The fourth-order valence-electron chi connectivity index (χ4n) is 3.86. The Morgan fingerprint density at radius 2 is 1.94 bits per heavy atom. The van der Waals surface area contributed by atoms with E-state index in [2.05, 4.69) is 4.98 Å². The summed E-state index contributed by atoms with van der Waals surface area (Å²) >= 11 is 0. The molecule has 3 aromatic rings. The van der Waals surface area contributed by atoms with Crippen molar-refractivity contribution in [2.24, 2.45) is 0 Å². The van der Waals surface area contributed by atoms with Gasteiger partial charge < -0.3 is 19.2 Å². The van der Waals surface area contributed by atoms with Crippen molar-refractivity contribution in [3.63, 3.8) is 0 Å². The molecule has 6 nitrogen and oxygen atoms in total. The van der Waals surface area contributed by atoms with Gasteiger partial charge in [0.2, 0.25) is 6.29 Å². The molecule has 2 aromatic carbocycles. The van der Waals surface area contributed by atoms with Gasteiger partial charge in [0.05, 0.1) is 6.61 Å². The van der Waals surface area contributed by atoms with Crippen LogP contribution in [0, 0.1) is 19.7 Å². The number of ketones is 1. The van der Waals surface area contributed by atoms with E-state index in [0.29, 0.717) is 33.7 Å². The van der Waals surface area contributed by atoms with Crippen molar-refractivity contribution in [2.75, 3.05) is 0 Å². The van der Waals surface area contributed by atoms with Gasteiger partial charge in [0.15, 0.2) is 5.78 Å². The second kappa shape index (κ2) is 8.35. The number of carbonyl (C=O) groups excluding carboxylic acids is 2. The van der Waals surface area contributed by atoms with Crippen molar-refractivity contribution in [2.45, 2.75) is 40.3 Å². The Morgan fingerprint density at radius 3 is 2.61 bits per heavy atom. The van der Waals surface area contributed by atoms with Crippen LogP contribution in [-0.4, -0.2) is 16.7 Å². The summed E-state index contributed by atoms with van der Waals surface area (Å²) in [6, 6.07) is 12.0. The number of aromatic nitrogens is 1. The Balaban J connectivity index is 1.56. The molecule has 0 fully saturated rings. The second-order valence-corrected chi connectivity index (χ2v) is 7.48. The highest BCUT2D eigenvalue weighted by molar-refractivity contribution is 6.01. The average Bonchev–Trinajstić information content (AvgIpc) is 3.06. The lowest BCUT2D eigenvalue weighted by molar-refractivity contribution is -0.112. The lowest BCUT2D eigenvalue weighted by Crippen LogP contribution is -2.20. The van der Waals surface area contributed by atoms with Crippen molar-refractivity contribution in [1.29, 1.82) is 0 Å². The molecule has 0 saturated carbocycles. The highest BCUT2D eigenvalue weighted by atomic mass is 19.1. The molecule has 0 amide bonds. The number of esters is 1. The third-order valence-corrected chi connectivity index (χ3v) is 5.25. The van der Waals surface area contributed by atoms with Crippen molar-refractivity contribution >= 4 is 11.8 Å². The van der Waals surface area contributed by atoms with Crippen LogP contribution in [-0.2, 0) is 22.7 Å². The number of ether oxygens (including phenoxy) is 3. The summed E-state index contributed by atoms with van der Waals surface area (Å²) < 4.78 is 31.3. The molecule has 7 heteroatoms. The highest BCUT2D eigenvalue weighted by Gasteiger charge is 2.26. The quantitative estimate of drug-likeness (QED) is 0.465. The molecule has 1 aliphatic rings. The van der Waals surface area contributed by atoms with E-state index in [-0.39, 0.29) is 24.7 Å². The maximum Gasteiger partial charge on any atom is 0.355 e. The standard InChI is InChI=1S/C24H22FNO5/c1-13-20(15(3)27)14(2)26-21(13)23(28)29-11-17-9-19(25)10-18-12-30-24(31-22(17)18)16-7-5-4-6-8-16/h4-10,24,26H,11-12H2,1-3H3/t24-/m1/s1. The van der Waals surface area contributed by atoms with Crippen LogP contribution in [0.5, 0.6) is 5.75 Å². The third-order valence-electron chi connectivity index (χ3n) is 5.25. The first-order valence-corrected chi connectivity index (χ1v) is 9.87. The molecule has 1 atom stereocenters. The predicted molar refractivity (Wildman–Crippen MR) is 110 cm³/mol. The summed E-state index contributed by atoms with van der Waals surface area (Å²) in [6.07, 6.45) is -0.639. The van der Waals surface area contributed by atoms with E-state index >= 15 is 0 Å². The van der Waals surface area contributed by atoms with Crippen LogP contribution in [0.25, 0.3) is 0 Å². The fraction of sp³-hybridized carbons (Fsp3) is 0.250. The lowest BCUT2D eigenvalue weighted by atomic mass is 10.1. The highest BCUT2D eigenvalue weighted by Crippen LogP contribution is 2.37. The summed E-state index contributed by atoms with van der Waals surface area (Å²) in [7, 11) is 0. The Hall–Kier alpha value is -3.45. The minimum Gasteiger partial charge on any atom is -0.460 e. The number of Topliss-reactive ketones (excluding diaryl/α,β-unsaturated/α-hetero) is 1. The van der Waals surface area contributed by atoms with Crippen LogP contribution in [0.1, 0.15) is 62.0 Å². The van der Waals surface area contributed by atoms with Gasteiger partial charge in [0, 0.05) is 27.9 Å². The molecule has 160 valence electrons. The number of fused-ring (bicyclic) bond motifs is 1. The number of aromatic amines is 1. The molecule has 0 radical (unpaired) electrons. The first-order chi connectivity index (χ1) is 14.8. The summed E-state index contributed by atoms with van der Waals surface area (Å²) in [5.41, 5.74) is 3.59. The molecule has 31 heavy (non-hydrogen) atoms. The molecule has 0 saturated heterocycles. The molecule has 0 aliphatic carbocycles. The zero-order valence-corrected chi connectivity index (χ0v) is 17.5. The van der Waals surface area contributed by atoms with E-state index in [1.807, 2.05) is 30.3 Å². The Kier molecular flexibility index (Phi) is 5.61. The van der Waals surface area contributed by atoms with Crippen molar-refractivity contribution in [1.82, 2.24) is 4.98 Å². The summed E-state index contributed by atoms with van der Waals surface area (Å²) in [5.74, 6) is -0.790. The van der Waals surface area contributed by atoms with E-state index in [0.717, 1.165) is 5.56 Å². The molecule has 1 aliphatic heterocycles. The molecule has 0 unspecified atom stereocenters. The maximum atomic E-state index is 14.1. The number of carbonyl (C=O) groups is 2. The van der Waals surface area contributed by atoms with Crippen LogP contribution in [0.2, 0.25) is 0 Å². The molecular weight excluding hydrogens is 401 g/mol. The Labute approximate surface area is 178 Å². The number of hydrogen-bond acceptors (Lipinski definition) is 5. The molecule has 1 N–H and O–H groups in total. The number of benzene rings is 2. The van der Waals surface area contributed by atoms with Gasteiger partial charge in [-0.3, -0.25) is 4.79 Å². The molecule has 0 bridgehead atoms. The number of H-pyrrole nitrogens is 1. The zero-order valence-electron chi connectivity index (χ0n) is 17.5. The van der Waals surface area contributed by atoms with E-state index in [9.17, 15) is 14.0 Å². The zero-order chi connectivity index (χ0) is 22.1. The second-order valence-electron chi connectivity index (χ2n) is 7.48. The molecule has 0 spiro atoms. The van der Waals surface area contributed by atoms with E-state index in [1.54, 1.807) is 13.8 Å². The largest absolute Gasteiger partial charge is 0.460 e. The van der Waals surface area contributed by atoms with Crippen molar-refractivity contribution < 1.29 is 28.2 Å². The first-order valence-electron chi connectivity index (χ1n) is 9.87. The van der Waals surface area contributed by atoms with Gasteiger partial charge >= 0.3 is 5.97 Å². The van der Waals surface area contributed by atoms with Crippen molar-refractivity contribution in [3.05, 3.63) is 87.5 Å². The smallest absolute Gasteiger partial charge is 0.355 e. The fourth-order valence-corrected chi connectivity index (χ4v) is 3.86. The Bertz CT molecular complexity index is 1150. The number of halogens is 1. The van der Waals surface area contributed by atoms with E-state index < -0.39 is 18.1 Å². The number of hydrogen-bond donors (Lipinski definition) is 1. The third kappa shape index (κ3) is 4.09. The van der Waals surface area contributed by atoms with E-state index in [4.69, 9.17) is 14.2 Å². The molecule has 1 aromatic heterocycles. The average molecular weight is 423 g/mol. The van der Waals surface area contributed by atoms with Gasteiger partial charge in [-0.1, -0.05) is 30.3 Å². The molecular formula is C24H22FNO5. The normalized spacial score (nSPS) is 15.2. The number of nitrogens with one attached hydrogen (secondary N) is 1. The van der Waals surface area contributed by atoms with Crippen LogP contribution in [0.3, 0.4) is 0 Å². The number of aryl methyl sites for hydroxylation is 1. The first kappa shape index (κ1) is 20.8. The maximum absolute atomic E-state index is 14.1. The summed E-state index contributed by atoms with van der Waals surface area (Å²) in [4.78, 5) is 27.4. The van der Waals surface area contributed by atoms with Gasteiger partial charge in [0.1, 0.15) is 23.9 Å². The molecule has 2 heterocycles. The SMILES string of the molecule is CC(=O)c1c(C)[nH]c(C(=O)OCc2cc(F)cc3c2O[C@H](c2ccccc2)OC3)c1C. The van der Waals surface area contributed by atoms with Gasteiger partial charge in [-0.05, 0) is 38.5 Å². The predicted octanol–water partition coefficient (Wildman–Crippen LogP) is 4.94. The lowest BCUT2D eigenvalue weighted by Gasteiger charge is -2.28. The van der Waals surface area contributed by atoms with E-state index in [1.165, 1.54) is 19.1 Å². The van der Waals surface area contributed by atoms with Gasteiger partial charge in [0.25, 0.3) is 0 Å². The number of rotatable bonds is 5. The van der Waals surface area contributed by atoms with Crippen LogP contribution >= 0.6 is 0 Å².